The molecule has 100 valence electrons. The molecule has 1 aliphatic rings. The van der Waals surface area contributed by atoms with Gasteiger partial charge >= 0.3 is 0 Å². The average molecular weight is 314 g/mol. The first-order valence-electron chi connectivity index (χ1n) is 6.71. The summed E-state index contributed by atoms with van der Waals surface area (Å²) in [7, 11) is 2.03. The fourth-order valence-electron chi connectivity index (χ4n) is 3.04. The van der Waals surface area contributed by atoms with Crippen LogP contribution in [0.2, 0.25) is 0 Å². The molecule has 0 saturated heterocycles. The number of nitrogens with one attached hydrogen (secondary N) is 1. The van der Waals surface area contributed by atoms with Crippen molar-refractivity contribution in [2.45, 2.75) is 38.6 Å². The van der Waals surface area contributed by atoms with Crippen LogP contribution in [0.3, 0.4) is 0 Å². The molecule has 0 amide bonds. The van der Waals surface area contributed by atoms with Crippen molar-refractivity contribution in [1.82, 2.24) is 5.32 Å². The number of hydrogen-bond donors (Lipinski definition) is 1. The average Bonchev–Trinajstić information content (AvgIpc) is 2.77. The van der Waals surface area contributed by atoms with Crippen molar-refractivity contribution in [2.75, 3.05) is 7.05 Å². The Bertz CT molecular complexity index is 407. The highest BCUT2D eigenvalue weighted by atomic mass is 79.9. The number of rotatable bonds is 4. The molecule has 1 fully saturated rings. The van der Waals surface area contributed by atoms with E-state index < -0.39 is 0 Å². The molecule has 0 spiro atoms. The summed E-state index contributed by atoms with van der Waals surface area (Å²) < 4.78 is 13.8. The monoisotopic (exact) mass is 313 g/mol. The quantitative estimate of drug-likeness (QED) is 0.880. The molecule has 1 aromatic rings. The summed E-state index contributed by atoms with van der Waals surface area (Å²) in [5.41, 5.74) is 1.20. The van der Waals surface area contributed by atoms with Crippen LogP contribution in [0.15, 0.2) is 22.7 Å². The highest BCUT2D eigenvalue weighted by Crippen LogP contribution is 2.33. The lowest BCUT2D eigenvalue weighted by molar-refractivity contribution is 0.367. The Morgan fingerprint density at radius 3 is 2.78 bits per heavy atom. The van der Waals surface area contributed by atoms with E-state index in [0.717, 1.165) is 18.3 Å². The first-order valence-corrected chi connectivity index (χ1v) is 7.50. The highest BCUT2D eigenvalue weighted by molar-refractivity contribution is 9.10. The molecule has 3 unspecified atom stereocenters. The minimum Gasteiger partial charge on any atom is -0.316 e. The molecular formula is C15H21BrFN. The molecule has 3 atom stereocenters. The van der Waals surface area contributed by atoms with Crippen LogP contribution >= 0.6 is 15.9 Å². The van der Waals surface area contributed by atoms with Gasteiger partial charge in [-0.3, -0.25) is 0 Å². The highest BCUT2D eigenvalue weighted by Gasteiger charge is 2.27. The normalized spacial score (nSPS) is 25.3. The van der Waals surface area contributed by atoms with Gasteiger partial charge in [0, 0.05) is 6.04 Å². The van der Waals surface area contributed by atoms with Crippen molar-refractivity contribution in [1.29, 1.82) is 0 Å². The second kappa shape index (κ2) is 6.16. The van der Waals surface area contributed by atoms with E-state index in [0.29, 0.717) is 10.5 Å². The Morgan fingerprint density at radius 1 is 1.44 bits per heavy atom. The van der Waals surface area contributed by atoms with E-state index in [1.165, 1.54) is 24.8 Å². The van der Waals surface area contributed by atoms with E-state index >= 15 is 0 Å². The first-order chi connectivity index (χ1) is 8.60. The summed E-state index contributed by atoms with van der Waals surface area (Å²) in [5, 5.41) is 3.44. The molecule has 1 nitrogen and oxygen atoms in total. The molecule has 0 aliphatic heterocycles. The molecule has 3 heteroatoms. The molecule has 1 saturated carbocycles. The van der Waals surface area contributed by atoms with Crippen molar-refractivity contribution in [3.63, 3.8) is 0 Å². The molecule has 18 heavy (non-hydrogen) atoms. The van der Waals surface area contributed by atoms with Gasteiger partial charge in [-0.05, 0) is 71.8 Å². The molecule has 0 radical (unpaired) electrons. The van der Waals surface area contributed by atoms with E-state index in [1.807, 2.05) is 19.2 Å². The number of hydrogen-bond acceptors (Lipinski definition) is 1. The summed E-state index contributed by atoms with van der Waals surface area (Å²) in [6, 6.07) is 5.84. The smallest absolute Gasteiger partial charge is 0.137 e. The molecular weight excluding hydrogens is 293 g/mol. The number of benzene rings is 1. The molecule has 1 N–H and O–H groups in total. The van der Waals surface area contributed by atoms with Crippen molar-refractivity contribution >= 4 is 15.9 Å². The van der Waals surface area contributed by atoms with Crippen LogP contribution in [-0.2, 0) is 6.42 Å². The zero-order valence-electron chi connectivity index (χ0n) is 11.0. The molecule has 1 aliphatic carbocycles. The zero-order valence-corrected chi connectivity index (χ0v) is 12.6. The van der Waals surface area contributed by atoms with E-state index in [1.54, 1.807) is 6.07 Å². The van der Waals surface area contributed by atoms with Crippen molar-refractivity contribution < 1.29 is 4.39 Å². The Labute approximate surface area is 117 Å². The Balaban J connectivity index is 2.03. The summed E-state index contributed by atoms with van der Waals surface area (Å²) in [4.78, 5) is 0. The van der Waals surface area contributed by atoms with Crippen LogP contribution in [0, 0.1) is 17.7 Å². The third kappa shape index (κ3) is 3.33. The predicted molar refractivity (Wildman–Crippen MR) is 77.2 cm³/mol. The van der Waals surface area contributed by atoms with Gasteiger partial charge in [-0.1, -0.05) is 19.4 Å². The van der Waals surface area contributed by atoms with Gasteiger partial charge < -0.3 is 5.32 Å². The second-order valence-electron chi connectivity index (χ2n) is 5.53. The van der Waals surface area contributed by atoms with Gasteiger partial charge in [0.1, 0.15) is 5.82 Å². The first kappa shape index (κ1) is 14.0. The number of likely N-dealkylation sites (N-methyl/N-ethyl adjacent to an activating group) is 1. The lowest BCUT2D eigenvalue weighted by atomic mass is 9.91. The maximum Gasteiger partial charge on any atom is 0.137 e. The van der Waals surface area contributed by atoms with Crippen molar-refractivity contribution in [3.05, 3.63) is 34.1 Å². The van der Waals surface area contributed by atoms with Gasteiger partial charge in [0.2, 0.25) is 0 Å². The van der Waals surface area contributed by atoms with Crippen molar-refractivity contribution in [2.24, 2.45) is 11.8 Å². The Morgan fingerprint density at radius 2 is 2.22 bits per heavy atom. The Kier molecular flexibility index (Phi) is 4.79. The topological polar surface area (TPSA) is 12.0 Å². The fourth-order valence-corrected chi connectivity index (χ4v) is 3.47. The third-order valence-corrected chi connectivity index (χ3v) is 4.72. The van der Waals surface area contributed by atoms with Crippen LogP contribution < -0.4 is 5.32 Å². The zero-order chi connectivity index (χ0) is 13.1. The van der Waals surface area contributed by atoms with Gasteiger partial charge in [0.25, 0.3) is 0 Å². The molecule has 1 aromatic carbocycles. The van der Waals surface area contributed by atoms with E-state index in [2.05, 4.69) is 28.2 Å². The van der Waals surface area contributed by atoms with Gasteiger partial charge in [-0.25, -0.2) is 4.39 Å². The maximum absolute atomic E-state index is 13.2. The molecule has 0 heterocycles. The van der Waals surface area contributed by atoms with Gasteiger partial charge in [0.05, 0.1) is 4.47 Å². The van der Waals surface area contributed by atoms with Crippen molar-refractivity contribution in [3.8, 4) is 0 Å². The van der Waals surface area contributed by atoms with E-state index in [-0.39, 0.29) is 5.82 Å². The molecule has 0 bridgehead atoms. The standard InChI is InChI=1S/C15H21BrFN/c1-10-3-5-12(7-10)15(18-2)9-11-4-6-14(17)13(16)8-11/h4,6,8,10,12,15,18H,3,5,7,9H2,1-2H3. The Hall–Kier alpha value is -0.410. The SMILES string of the molecule is CNC(Cc1ccc(F)c(Br)c1)C1CCC(C)C1. The minimum atomic E-state index is -0.186. The minimum absolute atomic E-state index is 0.186. The lowest BCUT2D eigenvalue weighted by Crippen LogP contribution is -2.34. The lowest BCUT2D eigenvalue weighted by Gasteiger charge is -2.23. The molecule has 2 rings (SSSR count). The predicted octanol–water partition coefficient (Wildman–Crippen LogP) is 4.15. The van der Waals surface area contributed by atoms with Crippen LogP contribution in [0.25, 0.3) is 0 Å². The largest absolute Gasteiger partial charge is 0.316 e. The fraction of sp³-hybridized carbons (Fsp3) is 0.600. The molecule has 0 aromatic heterocycles. The third-order valence-electron chi connectivity index (χ3n) is 4.11. The second-order valence-corrected chi connectivity index (χ2v) is 6.38. The summed E-state index contributed by atoms with van der Waals surface area (Å²) in [5.74, 6) is 1.42. The van der Waals surface area contributed by atoms with Crippen LogP contribution in [-0.4, -0.2) is 13.1 Å². The van der Waals surface area contributed by atoms with Gasteiger partial charge in [-0.15, -0.1) is 0 Å². The maximum atomic E-state index is 13.2. The van der Waals surface area contributed by atoms with E-state index in [9.17, 15) is 4.39 Å². The number of halogens is 2. The van der Waals surface area contributed by atoms with Crippen LogP contribution in [0.1, 0.15) is 31.7 Å². The van der Waals surface area contributed by atoms with Gasteiger partial charge in [-0.2, -0.15) is 0 Å². The summed E-state index contributed by atoms with van der Waals surface area (Å²) >= 11 is 3.26. The van der Waals surface area contributed by atoms with Crippen LogP contribution in [0.4, 0.5) is 4.39 Å². The van der Waals surface area contributed by atoms with Crippen LogP contribution in [0.5, 0.6) is 0 Å². The summed E-state index contributed by atoms with van der Waals surface area (Å²) in [6.07, 6.45) is 4.95. The van der Waals surface area contributed by atoms with E-state index in [4.69, 9.17) is 0 Å². The summed E-state index contributed by atoms with van der Waals surface area (Å²) in [6.45, 7) is 2.33. The van der Waals surface area contributed by atoms with Gasteiger partial charge in [0.15, 0.2) is 0 Å².